The average molecular weight is 222 g/mol. The number of rotatable bonds is 2. The van der Waals surface area contributed by atoms with E-state index in [9.17, 15) is 0 Å². The Kier molecular flexibility index (Phi) is 3.49. The van der Waals surface area contributed by atoms with E-state index < -0.39 is 0 Å². The minimum absolute atomic E-state index is 0.930. The van der Waals surface area contributed by atoms with Crippen molar-refractivity contribution in [3.63, 3.8) is 0 Å². The van der Waals surface area contributed by atoms with Gasteiger partial charge in [0.2, 0.25) is 0 Å². The molecule has 3 aliphatic rings. The van der Waals surface area contributed by atoms with Gasteiger partial charge < -0.3 is 5.32 Å². The summed E-state index contributed by atoms with van der Waals surface area (Å²) in [6.07, 6.45) is 10.5. The van der Waals surface area contributed by atoms with Gasteiger partial charge in [-0.1, -0.05) is 12.8 Å². The van der Waals surface area contributed by atoms with E-state index in [0.717, 1.165) is 17.9 Å². The summed E-state index contributed by atoms with van der Waals surface area (Å²) < 4.78 is 0. The van der Waals surface area contributed by atoms with Crippen molar-refractivity contribution in [1.29, 1.82) is 0 Å². The summed E-state index contributed by atoms with van der Waals surface area (Å²) in [7, 11) is 0. The molecule has 16 heavy (non-hydrogen) atoms. The quantitative estimate of drug-likeness (QED) is 0.771. The molecule has 2 saturated carbocycles. The molecular formula is C14H26N2. The van der Waals surface area contributed by atoms with E-state index in [0.29, 0.717) is 0 Å². The molecule has 3 fully saturated rings. The highest BCUT2D eigenvalue weighted by Gasteiger charge is 2.36. The molecule has 1 aliphatic heterocycles. The lowest BCUT2D eigenvalue weighted by atomic mass is 9.82. The van der Waals surface area contributed by atoms with E-state index >= 15 is 0 Å². The first-order valence-electron chi connectivity index (χ1n) is 7.38. The van der Waals surface area contributed by atoms with Crippen molar-refractivity contribution in [3.8, 4) is 0 Å². The number of hydrogen-bond donors (Lipinski definition) is 1. The molecule has 0 spiro atoms. The summed E-state index contributed by atoms with van der Waals surface area (Å²) in [5.41, 5.74) is 0. The number of nitrogens with zero attached hydrogens (tertiary/aromatic N) is 1. The van der Waals surface area contributed by atoms with Crippen LogP contribution in [0.5, 0.6) is 0 Å². The third-order valence-corrected chi connectivity index (χ3v) is 4.87. The first-order valence-corrected chi connectivity index (χ1v) is 7.38. The van der Waals surface area contributed by atoms with Gasteiger partial charge in [-0.25, -0.2) is 0 Å². The van der Waals surface area contributed by atoms with Crippen LogP contribution < -0.4 is 5.32 Å². The summed E-state index contributed by atoms with van der Waals surface area (Å²) >= 11 is 0. The second-order valence-electron chi connectivity index (χ2n) is 6.06. The minimum atomic E-state index is 0.930. The zero-order valence-electron chi connectivity index (χ0n) is 10.5. The number of hydrogen-bond acceptors (Lipinski definition) is 2. The zero-order chi connectivity index (χ0) is 10.8. The van der Waals surface area contributed by atoms with E-state index in [1.807, 2.05) is 0 Å². The molecule has 2 nitrogen and oxygen atoms in total. The Bertz CT molecular complexity index is 217. The first kappa shape index (κ1) is 11.0. The summed E-state index contributed by atoms with van der Waals surface area (Å²) in [5.74, 6) is 2.22. The molecule has 0 aromatic carbocycles. The molecule has 92 valence electrons. The van der Waals surface area contributed by atoms with E-state index in [4.69, 9.17) is 0 Å². The SMILES string of the molecule is C1CC(C2CC2)CC(N2CCCNCC2)C1. The van der Waals surface area contributed by atoms with E-state index in [2.05, 4.69) is 10.2 Å². The third kappa shape index (κ3) is 2.60. The number of nitrogens with one attached hydrogen (secondary N) is 1. The molecule has 0 aromatic rings. The maximum absolute atomic E-state index is 3.52. The monoisotopic (exact) mass is 222 g/mol. The van der Waals surface area contributed by atoms with Crippen LogP contribution in [-0.4, -0.2) is 37.1 Å². The van der Waals surface area contributed by atoms with E-state index in [1.165, 1.54) is 58.3 Å². The average Bonchev–Trinajstić information content (AvgIpc) is 3.17. The fourth-order valence-corrected chi connectivity index (χ4v) is 3.76. The van der Waals surface area contributed by atoms with Crippen LogP contribution in [0.2, 0.25) is 0 Å². The van der Waals surface area contributed by atoms with Gasteiger partial charge in [0.05, 0.1) is 0 Å². The van der Waals surface area contributed by atoms with Gasteiger partial charge in [-0.3, -0.25) is 4.90 Å². The highest BCUT2D eigenvalue weighted by Crippen LogP contribution is 2.44. The predicted molar refractivity (Wildman–Crippen MR) is 67.5 cm³/mol. The van der Waals surface area contributed by atoms with Crippen molar-refractivity contribution in [1.82, 2.24) is 10.2 Å². The van der Waals surface area contributed by atoms with Crippen molar-refractivity contribution < 1.29 is 0 Å². The second-order valence-corrected chi connectivity index (χ2v) is 6.06. The molecule has 2 heteroatoms. The molecule has 0 radical (unpaired) electrons. The lowest BCUT2D eigenvalue weighted by Gasteiger charge is -2.37. The molecule has 3 rings (SSSR count). The van der Waals surface area contributed by atoms with Crippen molar-refractivity contribution >= 4 is 0 Å². The van der Waals surface area contributed by atoms with Crippen molar-refractivity contribution in [3.05, 3.63) is 0 Å². The lowest BCUT2D eigenvalue weighted by Crippen LogP contribution is -2.41. The molecule has 1 N–H and O–H groups in total. The van der Waals surface area contributed by atoms with E-state index in [-0.39, 0.29) is 0 Å². The summed E-state index contributed by atoms with van der Waals surface area (Å²) in [6, 6.07) is 0.930. The van der Waals surface area contributed by atoms with Crippen LogP contribution in [-0.2, 0) is 0 Å². The largest absolute Gasteiger partial charge is 0.315 e. The topological polar surface area (TPSA) is 15.3 Å². The van der Waals surface area contributed by atoms with Crippen LogP contribution >= 0.6 is 0 Å². The maximum atomic E-state index is 3.52. The molecule has 2 atom stereocenters. The Morgan fingerprint density at radius 2 is 1.75 bits per heavy atom. The predicted octanol–water partition coefficient (Wildman–Crippen LogP) is 2.25. The fourth-order valence-electron chi connectivity index (χ4n) is 3.76. The Morgan fingerprint density at radius 3 is 2.62 bits per heavy atom. The molecule has 1 saturated heterocycles. The highest BCUT2D eigenvalue weighted by atomic mass is 15.2. The molecular weight excluding hydrogens is 196 g/mol. The Morgan fingerprint density at radius 1 is 0.812 bits per heavy atom. The van der Waals surface area contributed by atoms with Gasteiger partial charge in [-0.15, -0.1) is 0 Å². The third-order valence-electron chi connectivity index (χ3n) is 4.87. The van der Waals surface area contributed by atoms with Crippen LogP contribution in [0.1, 0.15) is 44.9 Å². The summed E-state index contributed by atoms with van der Waals surface area (Å²) in [6.45, 7) is 5.08. The molecule has 1 heterocycles. The van der Waals surface area contributed by atoms with E-state index in [1.54, 1.807) is 12.8 Å². The van der Waals surface area contributed by atoms with Crippen LogP contribution in [0, 0.1) is 11.8 Å². The molecule has 2 aliphatic carbocycles. The normalized spacial score (nSPS) is 38.2. The van der Waals surface area contributed by atoms with Crippen LogP contribution in [0.15, 0.2) is 0 Å². The molecule has 0 amide bonds. The minimum Gasteiger partial charge on any atom is -0.315 e. The van der Waals surface area contributed by atoms with Gasteiger partial charge in [0, 0.05) is 19.1 Å². The zero-order valence-corrected chi connectivity index (χ0v) is 10.5. The van der Waals surface area contributed by atoms with Gasteiger partial charge in [0.25, 0.3) is 0 Å². The molecule has 0 bridgehead atoms. The smallest absolute Gasteiger partial charge is 0.0110 e. The van der Waals surface area contributed by atoms with Gasteiger partial charge in [0.15, 0.2) is 0 Å². The second kappa shape index (κ2) is 5.05. The molecule has 2 unspecified atom stereocenters. The summed E-state index contributed by atoms with van der Waals surface area (Å²) in [4.78, 5) is 2.79. The molecule has 0 aromatic heterocycles. The van der Waals surface area contributed by atoms with Crippen molar-refractivity contribution in [2.24, 2.45) is 11.8 Å². The van der Waals surface area contributed by atoms with Crippen LogP contribution in [0.4, 0.5) is 0 Å². The standard InChI is InChI=1S/C14H26N2/c1-3-13(12-5-6-12)11-14(4-1)16-9-2-7-15-8-10-16/h12-15H,1-11H2. The maximum Gasteiger partial charge on any atom is 0.0110 e. The fraction of sp³-hybridized carbons (Fsp3) is 1.00. The lowest BCUT2D eigenvalue weighted by molar-refractivity contribution is 0.129. The van der Waals surface area contributed by atoms with Crippen LogP contribution in [0.25, 0.3) is 0 Å². The van der Waals surface area contributed by atoms with Crippen molar-refractivity contribution in [2.75, 3.05) is 26.2 Å². The van der Waals surface area contributed by atoms with Gasteiger partial charge in [-0.05, 0) is 57.0 Å². The van der Waals surface area contributed by atoms with Gasteiger partial charge in [0.1, 0.15) is 0 Å². The van der Waals surface area contributed by atoms with Crippen LogP contribution in [0.3, 0.4) is 0 Å². The highest BCUT2D eigenvalue weighted by molar-refractivity contribution is 4.89. The van der Waals surface area contributed by atoms with Gasteiger partial charge >= 0.3 is 0 Å². The van der Waals surface area contributed by atoms with Gasteiger partial charge in [-0.2, -0.15) is 0 Å². The first-order chi connectivity index (χ1) is 7.93. The Balaban J connectivity index is 1.55. The Labute approximate surface area is 99.8 Å². The Hall–Kier alpha value is -0.0800. The summed E-state index contributed by atoms with van der Waals surface area (Å²) in [5, 5.41) is 3.52. The van der Waals surface area contributed by atoms with Crippen molar-refractivity contribution in [2.45, 2.75) is 51.0 Å².